The minimum atomic E-state index is -0.530. The Bertz CT molecular complexity index is 694. The van der Waals surface area contributed by atoms with Gasteiger partial charge >= 0.3 is 0 Å². The van der Waals surface area contributed by atoms with Crippen LogP contribution in [0, 0.1) is 13.8 Å². The van der Waals surface area contributed by atoms with Gasteiger partial charge in [0.2, 0.25) is 0 Å². The Labute approximate surface area is 117 Å². The largest absolute Gasteiger partial charge is 0.383 e. The molecule has 0 saturated carbocycles. The standard InChI is InChI=1S/C17H16OS/c1-11-6-5-8-14(12(11)2)17(18)16-10-13-7-3-4-9-15(13)19-16/h3-10,17-18H,1-2H3. The van der Waals surface area contributed by atoms with Crippen molar-refractivity contribution in [3.8, 4) is 0 Å². The Morgan fingerprint density at radius 1 is 1.00 bits per heavy atom. The van der Waals surface area contributed by atoms with E-state index in [-0.39, 0.29) is 0 Å². The fraction of sp³-hybridized carbons (Fsp3) is 0.176. The lowest BCUT2D eigenvalue weighted by Gasteiger charge is -2.13. The van der Waals surface area contributed by atoms with Crippen LogP contribution in [0.4, 0.5) is 0 Å². The van der Waals surface area contributed by atoms with Crippen LogP contribution < -0.4 is 0 Å². The molecule has 19 heavy (non-hydrogen) atoms. The fourth-order valence-corrected chi connectivity index (χ4v) is 3.43. The average Bonchev–Trinajstić information content (AvgIpc) is 2.85. The summed E-state index contributed by atoms with van der Waals surface area (Å²) in [5, 5.41) is 11.8. The molecule has 2 aromatic carbocycles. The van der Waals surface area contributed by atoms with Gasteiger partial charge in [-0.05, 0) is 48.1 Å². The zero-order chi connectivity index (χ0) is 13.4. The quantitative estimate of drug-likeness (QED) is 0.720. The van der Waals surface area contributed by atoms with Gasteiger partial charge in [0.05, 0.1) is 0 Å². The van der Waals surface area contributed by atoms with Crippen LogP contribution in [0.1, 0.15) is 27.7 Å². The van der Waals surface area contributed by atoms with E-state index in [0.717, 1.165) is 10.4 Å². The van der Waals surface area contributed by atoms with E-state index >= 15 is 0 Å². The second-order valence-corrected chi connectivity index (χ2v) is 5.99. The third kappa shape index (κ3) is 2.18. The minimum absolute atomic E-state index is 0.530. The van der Waals surface area contributed by atoms with Gasteiger partial charge < -0.3 is 5.11 Å². The summed E-state index contributed by atoms with van der Waals surface area (Å²) in [6, 6.07) is 16.4. The molecule has 1 unspecified atom stereocenters. The molecule has 0 spiro atoms. The van der Waals surface area contributed by atoms with Crippen LogP contribution in [-0.2, 0) is 0 Å². The van der Waals surface area contributed by atoms with Crippen LogP contribution in [-0.4, -0.2) is 5.11 Å². The lowest BCUT2D eigenvalue weighted by atomic mass is 9.98. The molecule has 1 heterocycles. The minimum Gasteiger partial charge on any atom is -0.383 e. The molecule has 3 aromatic rings. The van der Waals surface area contributed by atoms with Crippen molar-refractivity contribution >= 4 is 21.4 Å². The Kier molecular flexibility index (Phi) is 3.13. The van der Waals surface area contributed by atoms with Crippen molar-refractivity contribution in [3.05, 3.63) is 70.1 Å². The van der Waals surface area contributed by atoms with Crippen molar-refractivity contribution in [2.24, 2.45) is 0 Å². The molecule has 0 aliphatic heterocycles. The van der Waals surface area contributed by atoms with Gasteiger partial charge in [0.1, 0.15) is 6.10 Å². The zero-order valence-electron chi connectivity index (χ0n) is 11.1. The van der Waals surface area contributed by atoms with Crippen LogP contribution in [0.15, 0.2) is 48.5 Å². The number of fused-ring (bicyclic) bond motifs is 1. The summed E-state index contributed by atoms with van der Waals surface area (Å²) in [5.41, 5.74) is 3.40. The normalized spacial score (nSPS) is 12.8. The maximum absolute atomic E-state index is 10.6. The highest BCUT2D eigenvalue weighted by molar-refractivity contribution is 7.19. The monoisotopic (exact) mass is 268 g/mol. The topological polar surface area (TPSA) is 20.2 Å². The summed E-state index contributed by atoms with van der Waals surface area (Å²) in [5.74, 6) is 0. The number of hydrogen-bond acceptors (Lipinski definition) is 2. The maximum Gasteiger partial charge on any atom is 0.113 e. The molecule has 0 saturated heterocycles. The number of aryl methyl sites for hydroxylation is 1. The number of hydrogen-bond donors (Lipinski definition) is 1. The number of aliphatic hydroxyl groups is 1. The van der Waals surface area contributed by atoms with E-state index in [1.165, 1.54) is 21.2 Å². The van der Waals surface area contributed by atoms with Crippen LogP contribution in [0.25, 0.3) is 10.1 Å². The predicted molar refractivity (Wildman–Crippen MR) is 81.8 cm³/mol. The van der Waals surface area contributed by atoms with E-state index in [1.54, 1.807) is 11.3 Å². The molecule has 0 fully saturated rings. The van der Waals surface area contributed by atoms with Crippen molar-refractivity contribution in [3.63, 3.8) is 0 Å². The van der Waals surface area contributed by atoms with Gasteiger partial charge in [-0.15, -0.1) is 11.3 Å². The third-order valence-electron chi connectivity index (χ3n) is 3.66. The molecular formula is C17H16OS. The molecule has 1 nitrogen and oxygen atoms in total. The molecule has 96 valence electrons. The van der Waals surface area contributed by atoms with E-state index in [0.29, 0.717) is 0 Å². The van der Waals surface area contributed by atoms with Gasteiger partial charge in [-0.1, -0.05) is 36.4 Å². The molecule has 2 heteroatoms. The van der Waals surface area contributed by atoms with Gasteiger partial charge in [-0.2, -0.15) is 0 Å². The first kappa shape index (κ1) is 12.4. The second-order valence-electron chi connectivity index (χ2n) is 4.88. The van der Waals surface area contributed by atoms with Crippen LogP contribution in [0.5, 0.6) is 0 Å². The summed E-state index contributed by atoms with van der Waals surface area (Å²) in [7, 11) is 0. The van der Waals surface area contributed by atoms with Crippen molar-refractivity contribution in [2.45, 2.75) is 20.0 Å². The smallest absolute Gasteiger partial charge is 0.113 e. The SMILES string of the molecule is Cc1cccc(C(O)c2cc3ccccc3s2)c1C. The lowest BCUT2D eigenvalue weighted by Crippen LogP contribution is -2.00. The fourth-order valence-electron chi connectivity index (χ4n) is 2.36. The molecule has 1 aromatic heterocycles. The maximum atomic E-state index is 10.6. The van der Waals surface area contributed by atoms with Crippen molar-refractivity contribution in [1.29, 1.82) is 0 Å². The average molecular weight is 268 g/mol. The first-order chi connectivity index (χ1) is 9.16. The van der Waals surface area contributed by atoms with E-state index in [4.69, 9.17) is 0 Å². The molecule has 0 aliphatic carbocycles. The zero-order valence-corrected chi connectivity index (χ0v) is 11.9. The van der Waals surface area contributed by atoms with Crippen molar-refractivity contribution in [2.75, 3.05) is 0 Å². The molecule has 0 aliphatic rings. The van der Waals surface area contributed by atoms with Gasteiger partial charge in [0.25, 0.3) is 0 Å². The Morgan fingerprint density at radius 2 is 1.79 bits per heavy atom. The number of rotatable bonds is 2. The first-order valence-corrected chi connectivity index (χ1v) is 7.21. The van der Waals surface area contributed by atoms with E-state index in [9.17, 15) is 5.11 Å². The summed E-state index contributed by atoms with van der Waals surface area (Å²) in [6.07, 6.45) is -0.530. The van der Waals surface area contributed by atoms with E-state index in [1.807, 2.05) is 24.3 Å². The van der Waals surface area contributed by atoms with E-state index in [2.05, 4.69) is 38.1 Å². The molecule has 1 N–H and O–H groups in total. The van der Waals surface area contributed by atoms with Gasteiger partial charge in [-0.25, -0.2) is 0 Å². The van der Waals surface area contributed by atoms with Gasteiger partial charge in [0, 0.05) is 9.58 Å². The highest BCUT2D eigenvalue weighted by Gasteiger charge is 2.16. The van der Waals surface area contributed by atoms with Crippen molar-refractivity contribution in [1.82, 2.24) is 0 Å². The Hall–Kier alpha value is -1.64. The molecule has 3 rings (SSSR count). The Morgan fingerprint density at radius 3 is 2.58 bits per heavy atom. The summed E-state index contributed by atoms with van der Waals surface area (Å²) in [6.45, 7) is 4.15. The molecule has 0 bridgehead atoms. The third-order valence-corrected chi connectivity index (χ3v) is 4.82. The predicted octanol–water partition coefficient (Wildman–Crippen LogP) is 4.60. The van der Waals surface area contributed by atoms with Gasteiger partial charge in [-0.3, -0.25) is 0 Å². The second kappa shape index (κ2) is 4.80. The number of thiophene rings is 1. The summed E-state index contributed by atoms with van der Waals surface area (Å²) < 4.78 is 1.22. The van der Waals surface area contributed by atoms with Crippen molar-refractivity contribution < 1.29 is 5.11 Å². The van der Waals surface area contributed by atoms with Gasteiger partial charge in [0.15, 0.2) is 0 Å². The first-order valence-electron chi connectivity index (χ1n) is 6.39. The van der Waals surface area contributed by atoms with Crippen LogP contribution in [0.3, 0.4) is 0 Å². The highest BCUT2D eigenvalue weighted by atomic mass is 32.1. The Balaban J connectivity index is 2.08. The number of aliphatic hydroxyl groups excluding tert-OH is 1. The van der Waals surface area contributed by atoms with Crippen LogP contribution in [0.2, 0.25) is 0 Å². The molecule has 1 atom stereocenters. The molecule has 0 amide bonds. The van der Waals surface area contributed by atoms with E-state index < -0.39 is 6.10 Å². The lowest BCUT2D eigenvalue weighted by molar-refractivity contribution is 0.223. The highest BCUT2D eigenvalue weighted by Crippen LogP contribution is 2.34. The summed E-state index contributed by atoms with van der Waals surface area (Å²) >= 11 is 1.66. The number of benzene rings is 2. The van der Waals surface area contributed by atoms with Crippen LogP contribution >= 0.6 is 11.3 Å². The summed E-state index contributed by atoms with van der Waals surface area (Å²) in [4.78, 5) is 1.01. The molecular weight excluding hydrogens is 252 g/mol. The molecule has 0 radical (unpaired) electrons.